The van der Waals surface area contributed by atoms with E-state index in [-0.39, 0.29) is 35.9 Å². The predicted molar refractivity (Wildman–Crippen MR) is 134 cm³/mol. The molecule has 1 aliphatic rings. The number of rotatable bonds is 10. The van der Waals surface area contributed by atoms with E-state index in [0.29, 0.717) is 38.5 Å². The molecule has 0 saturated carbocycles. The maximum absolute atomic E-state index is 13.5. The summed E-state index contributed by atoms with van der Waals surface area (Å²) in [4.78, 5) is 28.2. The summed E-state index contributed by atoms with van der Waals surface area (Å²) in [5.74, 6) is -1.25. The molecule has 10 heteroatoms. The third kappa shape index (κ3) is 8.96. The maximum atomic E-state index is 13.5. The Hall–Kier alpha value is -3.27. The molecule has 0 radical (unpaired) electrons. The van der Waals surface area contributed by atoms with Crippen molar-refractivity contribution in [1.29, 1.82) is 0 Å². The number of carbonyl (C=O) groups is 2. The van der Waals surface area contributed by atoms with Gasteiger partial charge < -0.3 is 25.0 Å². The molecular weight excluding hydrogens is 487 g/mol. The molecule has 7 nitrogen and oxygen atoms in total. The van der Waals surface area contributed by atoms with Crippen molar-refractivity contribution >= 4 is 17.5 Å². The number of carbonyl (C=O) groups excluding carboxylic acids is 2. The number of hydrogen-bond acceptors (Lipinski definition) is 5. The van der Waals surface area contributed by atoms with Crippen molar-refractivity contribution in [3.63, 3.8) is 0 Å². The number of nitrogens with zero attached hydrogens (tertiary/aromatic N) is 1. The van der Waals surface area contributed by atoms with Gasteiger partial charge >= 0.3 is 6.36 Å². The zero-order valence-electron chi connectivity index (χ0n) is 21.3. The Labute approximate surface area is 215 Å². The number of anilines is 1. The molecule has 37 heavy (non-hydrogen) atoms. The fourth-order valence-corrected chi connectivity index (χ4v) is 4.02. The summed E-state index contributed by atoms with van der Waals surface area (Å²) in [5.41, 5.74) is 2.41. The molecule has 0 aliphatic carbocycles. The summed E-state index contributed by atoms with van der Waals surface area (Å²) in [6.07, 6.45) is -4.70. The van der Waals surface area contributed by atoms with E-state index in [1.165, 1.54) is 24.3 Å². The van der Waals surface area contributed by atoms with E-state index in [1.54, 1.807) is 4.90 Å². The van der Waals surface area contributed by atoms with Gasteiger partial charge in [0.1, 0.15) is 5.75 Å². The van der Waals surface area contributed by atoms with Gasteiger partial charge in [-0.05, 0) is 42.7 Å². The average Bonchev–Trinajstić information content (AvgIpc) is 2.85. The molecule has 1 fully saturated rings. The molecule has 1 heterocycles. The van der Waals surface area contributed by atoms with Gasteiger partial charge in [0.05, 0.1) is 19.1 Å². The minimum absolute atomic E-state index is 0.0494. The minimum atomic E-state index is -4.75. The molecule has 0 spiro atoms. The van der Waals surface area contributed by atoms with E-state index in [1.807, 2.05) is 45.0 Å². The Bertz CT molecular complexity index is 1020. The third-order valence-electron chi connectivity index (χ3n) is 6.29. The Morgan fingerprint density at radius 3 is 2.22 bits per heavy atom. The molecule has 2 unspecified atom stereocenters. The second-order valence-corrected chi connectivity index (χ2v) is 9.47. The van der Waals surface area contributed by atoms with E-state index in [0.717, 1.165) is 11.1 Å². The number of alkyl halides is 3. The normalized spacial score (nSPS) is 15.7. The van der Waals surface area contributed by atoms with Gasteiger partial charge in [0.25, 0.3) is 0 Å². The van der Waals surface area contributed by atoms with Crippen molar-refractivity contribution in [2.75, 3.05) is 38.2 Å². The van der Waals surface area contributed by atoms with Crippen molar-refractivity contribution < 1.29 is 32.2 Å². The van der Waals surface area contributed by atoms with Crippen LogP contribution < -0.4 is 15.4 Å². The molecule has 2 aromatic carbocycles. The molecule has 1 saturated heterocycles. The minimum Gasteiger partial charge on any atom is -0.406 e. The van der Waals surface area contributed by atoms with Crippen LogP contribution >= 0.6 is 0 Å². The zero-order chi connectivity index (χ0) is 27.0. The fraction of sp³-hybridized carbons (Fsp3) is 0.481. The molecule has 2 amide bonds. The first-order valence-corrected chi connectivity index (χ1v) is 12.3. The van der Waals surface area contributed by atoms with Crippen LogP contribution in [0.4, 0.5) is 18.9 Å². The highest BCUT2D eigenvalue weighted by atomic mass is 19.4. The number of morpholine rings is 1. The smallest absolute Gasteiger partial charge is 0.406 e. The molecule has 202 valence electrons. The predicted octanol–water partition coefficient (Wildman–Crippen LogP) is 4.48. The van der Waals surface area contributed by atoms with Gasteiger partial charge in [-0.3, -0.25) is 9.59 Å². The number of ether oxygens (including phenoxy) is 2. The molecule has 2 atom stereocenters. The van der Waals surface area contributed by atoms with Crippen molar-refractivity contribution in [2.45, 2.75) is 45.5 Å². The topological polar surface area (TPSA) is 79.9 Å². The Balaban J connectivity index is 1.67. The zero-order valence-corrected chi connectivity index (χ0v) is 21.3. The van der Waals surface area contributed by atoms with Gasteiger partial charge in [0.15, 0.2) is 0 Å². The quantitative estimate of drug-likeness (QED) is 0.482. The summed E-state index contributed by atoms with van der Waals surface area (Å²) in [7, 11) is 0. The average molecular weight is 522 g/mol. The number of benzene rings is 2. The lowest BCUT2D eigenvalue weighted by Gasteiger charge is -2.30. The summed E-state index contributed by atoms with van der Waals surface area (Å²) in [6, 6.07) is 12.7. The van der Waals surface area contributed by atoms with E-state index in [9.17, 15) is 22.8 Å². The monoisotopic (exact) mass is 521 g/mol. The van der Waals surface area contributed by atoms with Crippen LogP contribution in [0.3, 0.4) is 0 Å². The lowest BCUT2D eigenvalue weighted by atomic mass is 9.92. The van der Waals surface area contributed by atoms with Crippen LogP contribution in [0, 0.1) is 12.8 Å². The second kappa shape index (κ2) is 12.8. The van der Waals surface area contributed by atoms with Gasteiger partial charge in [-0.1, -0.05) is 43.7 Å². The summed E-state index contributed by atoms with van der Waals surface area (Å²) >= 11 is 0. The Kier molecular flexibility index (Phi) is 9.79. The number of halogens is 3. The highest BCUT2D eigenvalue weighted by Gasteiger charge is 2.31. The highest BCUT2D eigenvalue weighted by molar-refractivity contribution is 5.90. The molecule has 1 aliphatic heterocycles. The number of nitrogens with one attached hydrogen (secondary N) is 2. The van der Waals surface area contributed by atoms with Crippen LogP contribution in [-0.4, -0.2) is 62.0 Å². The van der Waals surface area contributed by atoms with Crippen LogP contribution in [0.15, 0.2) is 48.5 Å². The first kappa shape index (κ1) is 28.3. The fourth-order valence-electron chi connectivity index (χ4n) is 4.02. The lowest BCUT2D eigenvalue weighted by molar-refractivity contribution is -0.274. The third-order valence-corrected chi connectivity index (χ3v) is 6.29. The maximum Gasteiger partial charge on any atom is 0.573 e. The van der Waals surface area contributed by atoms with Crippen molar-refractivity contribution in [2.24, 2.45) is 5.92 Å². The van der Waals surface area contributed by atoms with E-state index >= 15 is 0 Å². The van der Waals surface area contributed by atoms with Gasteiger partial charge in [-0.15, -0.1) is 13.2 Å². The molecule has 3 rings (SSSR count). The number of hydrogen-bond donors (Lipinski definition) is 2. The van der Waals surface area contributed by atoms with Gasteiger partial charge in [0, 0.05) is 37.8 Å². The number of aryl methyl sites for hydroxylation is 1. The standard InChI is InChI=1S/C27H34F3N3O4/c1-18(2)24(17-31-21-8-10-22(11-9-21)37-27(28,29)30)32-26(35)23(20-6-4-19(3)5-7-20)16-25(34)33-12-14-36-15-13-33/h4-11,18,23-24,31H,12-17H2,1-3H3,(H,32,35). The summed E-state index contributed by atoms with van der Waals surface area (Å²) < 4.78 is 46.4. The van der Waals surface area contributed by atoms with Gasteiger partial charge in [0.2, 0.25) is 11.8 Å². The molecule has 2 N–H and O–H groups in total. The number of amides is 2. The summed E-state index contributed by atoms with van der Waals surface area (Å²) in [5, 5.41) is 6.24. The molecular formula is C27H34F3N3O4. The SMILES string of the molecule is Cc1ccc(C(CC(=O)N2CCOCC2)C(=O)NC(CNc2ccc(OC(F)(F)F)cc2)C(C)C)cc1. The Morgan fingerprint density at radius 2 is 1.65 bits per heavy atom. The molecule has 2 aromatic rings. The largest absolute Gasteiger partial charge is 0.573 e. The van der Waals surface area contributed by atoms with Gasteiger partial charge in [-0.25, -0.2) is 0 Å². The highest BCUT2D eigenvalue weighted by Crippen LogP contribution is 2.25. The van der Waals surface area contributed by atoms with E-state index < -0.39 is 12.3 Å². The molecule has 0 bridgehead atoms. The second-order valence-electron chi connectivity index (χ2n) is 9.47. The summed E-state index contributed by atoms with van der Waals surface area (Å²) in [6.45, 7) is 8.22. The lowest BCUT2D eigenvalue weighted by Crippen LogP contribution is -2.47. The van der Waals surface area contributed by atoms with Crippen LogP contribution in [0.5, 0.6) is 5.75 Å². The van der Waals surface area contributed by atoms with Crippen LogP contribution in [0.2, 0.25) is 0 Å². The molecule has 0 aromatic heterocycles. The Morgan fingerprint density at radius 1 is 1.03 bits per heavy atom. The first-order chi connectivity index (χ1) is 17.5. The van der Waals surface area contributed by atoms with Crippen molar-refractivity contribution in [1.82, 2.24) is 10.2 Å². The van der Waals surface area contributed by atoms with Crippen LogP contribution in [0.25, 0.3) is 0 Å². The first-order valence-electron chi connectivity index (χ1n) is 12.3. The van der Waals surface area contributed by atoms with Crippen LogP contribution in [-0.2, 0) is 14.3 Å². The van der Waals surface area contributed by atoms with Crippen molar-refractivity contribution in [3.8, 4) is 5.75 Å². The van der Waals surface area contributed by atoms with Crippen molar-refractivity contribution in [3.05, 3.63) is 59.7 Å². The van der Waals surface area contributed by atoms with Crippen LogP contribution in [0.1, 0.15) is 37.3 Å². The van der Waals surface area contributed by atoms with E-state index in [2.05, 4.69) is 15.4 Å². The van der Waals surface area contributed by atoms with Gasteiger partial charge in [-0.2, -0.15) is 0 Å². The van der Waals surface area contributed by atoms with E-state index in [4.69, 9.17) is 4.74 Å².